The van der Waals surface area contributed by atoms with E-state index < -0.39 is 8.32 Å². The lowest BCUT2D eigenvalue weighted by atomic mass is 10.7. The van der Waals surface area contributed by atoms with E-state index in [1.807, 2.05) is 0 Å². The van der Waals surface area contributed by atoms with Crippen LogP contribution in [0.25, 0.3) is 0 Å². The van der Waals surface area contributed by atoms with Crippen molar-refractivity contribution < 1.29 is 4.43 Å². The first-order chi connectivity index (χ1) is 4.49. The van der Waals surface area contributed by atoms with Crippen LogP contribution in [0.2, 0.25) is 19.6 Å². The van der Waals surface area contributed by atoms with Crippen LogP contribution in [0.5, 0.6) is 0 Å². The minimum absolute atomic E-state index is 0.355. The molecule has 0 aromatic rings. The topological polar surface area (TPSA) is 9.23 Å². The molecule has 0 heterocycles. The molecule has 0 aromatic heterocycles. The monoisotopic (exact) mass is 198 g/mol. The van der Waals surface area contributed by atoms with Gasteiger partial charge in [0, 0.05) is 5.54 Å². The lowest BCUT2D eigenvalue weighted by Gasteiger charge is -2.19. The van der Waals surface area contributed by atoms with Gasteiger partial charge in [0.05, 0.1) is 5.88 Å². The van der Waals surface area contributed by atoms with E-state index >= 15 is 0 Å². The molecule has 0 aliphatic carbocycles. The summed E-state index contributed by atoms with van der Waals surface area (Å²) >= 11 is 10.9. The number of halogens is 2. The maximum Gasteiger partial charge on any atom is 0.241 e. The molecule has 0 rings (SSSR count). The first-order valence-corrected chi connectivity index (χ1v) is 7.42. The quantitative estimate of drug-likeness (QED) is 0.385. The van der Waals surface area contributed by atoms with E-state index in [9.17, 15) is 0 Å². The second-order valence-corrected chi connectivity index (χ2v) is 7.84. The summed E-state index contributed by atoms with van der Waals surface area (Å²) in [4.78, 5) is 0. The molecule has 0 unspecified atom stereocenters. The number of hydrogen-bond acceptors (Lipinski definition) is 1. The van der Waals surface area contributed by atoms with Gasteiger partial charge in [-0.2, -0.15) is 0 Å². The third-order valence-corrected chi connectivity index (χ3v) is 2.07. The maximum atomic E-state index is 5.52. The Morgan fingerprint density at radius 2 is 2.00 bits per heavy atom. The van der Waals surface area contributed by atoms with Crippen molar-refractivity contribution in [3.63, 3.8) is 0 Å². The molecule has 0 bridgehead atoms. The predicted molar refractivity (Wildman–Crippen MR) is 49.1 cm³/mol. The van der Waals surface area contributed by atoms with Gasteiger partial charge in [0.15, 0.2) is 0 Å². The van der Waals surface area contributed by atoms with Crippen molar-refractivity contribution in [3.05, 3.63) is 11.3 Å². The highest BCUT2D eigenvalue weighted by Crippen LogP contribution is 2.11. The van der Waals surface area contributed by atoms with Gasteiger partial charge < -0.3 is 4.43 Å². The molecule has 0 saturated carbocycles. The molecule has 0 atom stereocenters. The Labute approximate surface area is 73.1 Å². The van der Waals surface area contributed by atoms with Crippen LogP contribution in [0.1, 0.15) is 0 Å². The molecule has 0 amide bonds. The standard InChI is InChI=1S/C6H12Cl2OSi/c1-10(2,3)9-6(4-7)5-8/h4H,5H2,1-3H3/b6-4-. The van der Waals surface area contributed by atoms with E-state index in [2.05, 4.69) is 19.6 Å². The van der Waals surface area contributed by atoms with Gasteiger partial charge in [-0.15, -0.1) is 11.6 Å². The molecule has 10 heavy (non-hydrogen) atoms. The largest absolute Gasteiger partial charge is 0.546 e. The van der Waals surface area contributed by atoms with Crippen LogP contribution in [-0.4, -0.2) is 14.2 Å². The first-order valence-electron chi connectivity index (χ1n) is 3.04. The fourth-order valence-electron chi connectivity index (χ4n) is 0.472. The second-order valence-electron chi connectivity index (χ2n) is 2.92. The van der Waals surface area contributed by atoms with Crippen molar-refractivity contribution in [1.29, 1.82) is 0 Å². The Morgan fingerprint density at radius 1 is 1.50 bits per heavy atom. The number of alkyl halides is 1. The average molecular weight is 199 g/mol. The molecule has 4 heteroatoms. The summed E-state index contributed by atoms with van der Waals surface area (Å²) in [6, 6.07) is 0. The van der Waals surface area contributed by atoms with Crippen molar-refractivity contribution >= 4 is 31.5 Å². The van der Waals surface area contributed by atoms with Crippen molar-refractivity contribution in [3.8, 4) is 0 Å². The highest BCUT2D eigenvalue weighted by Gasteiger charge is 2.16. The molecule has 0 N–H and O–H groups in total. The molecular weight excluding hydrogens is 187 g/mol. The molecule has 0 radical (unpaired) electrons. The number of rotatable bonds is 3. The third-order valence-electron chi connectivity index (χ3n) is 0.691. The average Bonchev–Trinajstić information content (AvgIpc) is 1.81. The minimum Gasteiger partial charge on any atom is -0.546 e. The Morgan fingerprint density at radius 3 is 2.10 bits per heavy atom. The normalized spacial score (nSPS) is 13.5. The van der Waals surface area contributed by atoms with Gasteiger partial charge in [0.25, 0.3) is 0 Å². The number of allylic oxidation sites excluding steroid dienone is 1. The van der Waals surface area contributed by atoms with E-state index in [0.717, 1.165) is 0 Å². The summed E-state index contributed by atoms with van der Waals surface area (Å²) in [6.07, 6.45) is 0. The van der Waals surface area contributed by atoms with E-state index in [0.29, 0.717) is 11.6 Å². The lowest BCUT2D eigenvalue weighted by molar-refractivity contribution is 0.428. The molecule has 0 fully saturated rings. The van der Waals surface area contributed by atoms with E-state index in [4.69, 9.17) is 27.6 Å². The molecule has 0 aliphatic heterocycles. The van der Waals surface area contributed by atoms with E-state index in [1.54, 1.807) is 0 Å². The Kier molecular flexibility index (Phi) is 4.41. The smallest absolute Gasteiger partial charge is 0.241 e. The van der Waals surface area contributed by atoms with Crippen LogP contribution in [0.15, 0.2) is 11.3 Å². The highest BCUT2D eigenvalue weighted by atomic mass is 35.5. The molecule has 0 aliphatic rings. The molecular formula is C6H12Cl2OSi. The van der Waals surface area contributed by atoms with Gasteiger partial charge in [0.2, 0.25) is 8.32 Å². The van der Waals surface area contributed by atoms with Gasteiger partial charge in [-0.05, 0) is 19.6 Å². The Hall–Kier alpha value is 0.337. The van der Waals surface area contributed by atoms with E-state index in [-0.39, 0.29) is 0 Å². The van der Waals surface area contributed by atoms with Crippen molar-refractivity contribution in [2.24, 2.45) is 0 Å². The summed E-state index contributed by atoms with van der Waals surface area (Å²) in [7, 11) is -1.50. The predicted octanol–water partition coefficient (Wildman–Crippen LogP) is 3.16. The Balaban J connectivity index is 3.88. The van der Waals surface area contributed by atoms with Crippen molar-refractivity contribution in [1.82, 2.24) is 0 Å². The zero-order chi connectivity index (χ0) is 8.20. The second kappa shape index (κ2) is 4.26. The summed E-state index contributed by atoms with van der Waals surface area (Å²) in [5, 5.41) is 0. The summed E-state index contributed by atoms with van der Waals surface area (Å²) in [5.74, 6) is 1.02. The van der Waals surface area contributed by atoms with Gasteiger partial charge in [-0.3, -0.25) is 0 Å². The van der Waals surface area contributed by atoms with E-state index in [1.165, 1.54) is 5.54 Å². The highest BCUT2D eigenvalue weighted by molar-refractivity contribution is 6.70. The molecule has 60 valence electrons. The lowest BCUT2D eigenvalue weighted by Crippen LogP contribution is -2.25. The van der Waals surface area contributed by atoms with Gasteiger partial charge in [0.1, 0.15) is 5.76 Å². The third kappa shape index (κ3) is 5.15. The fraction of sp³-hybridized carbons (Fsp3) is 0.667. The van der Waals surface area contributed by atoms with Gasteiger partial charge in [-0.1, -0.05) is 11.6 Å². The molecule has 0 aromatic carbocycles. The summed E-state index contributed by atoms with van der Waals surface area (Å²) in [5.41, 5.74) is 1.39. The van der Waals surface area contributed by atoms with Crippen LogP contribution in [0.3, 0.4) is 0 Å². The first kappa shape index (κ1) is 10.3. The van der Waals surface area contributed by atoms with Crippen LogP contribution in [-0.2, 0) is 4.43 Å². The summed E-state index contributed by atoms with van der Waals surface area (Å²) < 4.78 is 5.47. The molecule has 0 saturated heterocycles. The van der Waals surface area contributed by atoms with Gasteiger partial charge >= 0.3 is 0 Å². The zero-order valence-corrected chi connectivity index (χ0v) is 8.96. The van der Waals surface area contributed by atoms with Crippen LogP contribution in [0, 0.1) is 0 Å². The molecule has 0 spiro atoms. The van der Waals surface area contributed by atoms with Crippen LogP contribution in [0.4, 0.5) is 0 Å². The fourth-order valence-corrected chi connectivity index (χ4v) is 1.89. The minimum atomic E-state index is -1.50. The SMILES string of the molecule is C[Si](C)(C)O/C(=C\Cl)CCl. The zero-order valence-electron chi connectivity index (χ0n) is 6.45. The van der Waals surface area contributed by atoms with Gasteiger partial charge in [-0.25, -0.2) is 0 Å². The summed E-state index contributed by atoms with van der Waals surface area (Å²) in [6.45, 7) is 6.25. The van der Waals surface area contributed by atoms with Crippen LogP contribution >= 0.6 is 23.2 Å². The number of hydrogen-bond donors (Lipinski definition) is 0. The van der Waals surface area contributed by atoms with Crippen LogP contribution < -0.4 is 0 Å². The van der Waals surface area contributed by atoms with Crippen molar-refractivity contribution in [2.45, 2.75) is 19.6 Å². The maximum absolute atomic E-state index is 5.52. The van der Waals surface area contributed by atoms with Crippen molar-refractivity contribution in [2.75, 3.05) is 5.88 Å². The molecule has 1 nitrogen and oxygen atoms in total. The Bertz CT molecular complexity index is 128.